The van der Waals surface area contributed by atoms with Crippen LogP contribution in [0.3, 0.4) is 0 Å². The van der Waals surface area contributed by atoms with Crippen molar-refractivity contribution >= 4 is 37.5 Å². The molecule has 30 heavy (non-hydrogen) atoms. The van der Waals surface area contributed by atoms with E-state index in [1.54, 1.807) is 22.9 Å². The van der Waals surface area contributed by atoms with Gasteiger partial charge in [0.25, 0.3) is 0 Å². The first kappa shape index (κ1) is 22.2. The second-order valence-corrected chi connectivity index (χ2v) is 9.51. The second-order valence-electron chi connectivity index (χ2n) is 6.92. The number of hydrogen-bond acceptors (Lipinski definition) is 4. The number of carbonyl (C=O) groups excluding carboxylic acids is 1. The maximum absolute atomic E-state index is 12.4. The minimum atomic E-state index is -3.70. The molecule has 0 saturated heterocycles. The van der Waals surface area contributed by atoms with E-state index in [2.05, 4.69) is 31.1 Å². The highest BCUT2D eigenvalue weighted by Crippen LogP contribution is 2.23. The zero-order valence-corrected chi connectivity index (χ0v) is 19.3. The lowest BCUT2D eigenvalue weighted by Gasteiger charge is -2.09. The Labute approximate surface area is 184 Å². The normalized spacial score (nSPS) is 11.5. The number of nitrogens with zero attached hydrogens (tertiary/aromatic N) is 2. The molecule has 0 radical (unpaired) electrons. The molecule has 0 saturated carbocycles. The minimum Gasteiger partial charge on any atom is -0.323 e. The van der Waals surface area contributed by atoms with Crippen molar-refractivity contribution in [1.29, 1.82) is 0 Å². The molecule has 0 bridgehead atoms. The van der Waals surface area contributed by atoms with Crippen LogP contribution in [0.1, 0.15) is 23.4 Å². The molecule has 1 heterocycles. The first-order valence-corrected chi connectivity index (χ1v) is 11.6. The predicted octanol–water partition coefficient (Wildman–Crippen LogP) is 3.87. The Bertz CT molecular complexity index is 1170. The molecular weight excluding hydrogens is 468 g/mol. The Kier molecular flexibility index (Phi) is 6.74. The van der Waals surface area contributed by atoms with Gasteiger partial charge in [-0.25, -0.2) is 17.8 Å². The standard InChI is InChI=1S/C21H23BrN4O3S/c1-14-8-10-17(11-9-14)26-16(3)21(15(2)25-26)24-20(27)12-13-23-30(28,29)19-7-5-4-6-18(19)22/h4-11,23H,12-13H2,1-3H3,(H,24,27). The Hall–Kier alpha value is -2.49. The fraction of sp³-hybridized carbons (Fsp3) is 0.238. The second kappa shape index (κ2) is 9.11. The van der Waals surface area contributed by atoms with Crippen LogP contribution in [0.15, 0.2) is 57.9 Å². The molecule has 0 aliphatic carbocycles. The number of aromatic nitrogens is 2. The molecular formula is C21H23BrN4O3S. The summed E-state index contributed by atoms with van der Waals surface area (Å²) in [5, 5.41) is 7.37. The third kappa shape index (κ3) is 4.97. The first-order valence-electron chi connectivity index (χ1n) is 9.36. The van der Waals surface area contributed by atoms with Crippen molar-refractivity contribution in [3.05, 3.63) is 70.0 Å². The van der Waals surface area contributed by atoms with E-state index >= 15 is 0 Å². The molecule has 0 atom stereocenters. The van der Waals surface area contributed by atoms with Crippen LogP contribution in [0, 0.1) is 20.8 Å². The fourth-order valence-corrected chi connectivity index (χ4v) is 5.04. The number of rotatable bonds is 7. The number of sulfonamides is 1. The third-order valence-electron chi connectivity index (χ3n) is 4.60. The largest absolute Gasteiger partial charge is 0.323 e. The SMILES string of the molecule is Cc1ccc(-n2nc(C)c(NC(=O)CCNS(=O)(=O)c3ccccc3Br)c2C)cc1. The summed E-state index contributed by atoms with van der Waals surface area (Å²) < 4.78 is 29.5. The molecule has 1 amide bonds. The van der Waals surface area contributed by atoms with E-state index in [4.69, 9.17) is 0 Å². The summed E-state index contributed by atoms with van der Waals surface area (Å²) in [6, 6.07) is 14.5. The van der Waals surface area contributed by atoms with Crippen molar-refractivity contribution in [2.75, 3.05) is 11.9 Å². The molecule has 0 fully saturated rings. The molecule has 7 nitrogen and oxygen atoms in total. The number of nitrogens with one attached hydrogen (secondary N) is 2. The van der Waals surface area contributed by atoms with Crippen LogP contribution in [0.2, 0.25) is 0 Å². The summed E-state index contributed by atoms with van der Waals surface area (Å²) in [5.74, 6) is -0.292. The minimum absolute atomic E-state index is 0.00171. The van der Waals surface area contributed by atoms with E-state index in [0.717, 1.165) is 16.9 Å². The quantitative estimate of drug-likeness (QED) is 0.525. The van der Waals surface area contributed by atoms with E-state index in [0.29, 0.717) is 15.9 Å². The molecule has 1 aromatic heterocycles. The maximum Gasteiger partial charge on any atom is 0.241 e. The number of hydrogen-bond donors (Lipinski definition) is 2. The molecule has 158 valence electrons. The zero-order valence-electron chi connectivity index (χ0n) is 16.9. The van der Waals surface area contributed by atoms with E-state index in [1.807, 2.05) is 45.0 Å². The van der Waals surface area contributed by atoms with Crippen molar-refractivity contribution in [2.24, 2.45) is 0 Å². The van der Waals surface area contributed by atoms with E-state index in [9.17, 15) is 13.2 Å². The number of amides is 1. The van der Waals surface area contributed by atoms with Crippen LogP contribution >= 0.6 is 15.9 Å². The topological polar surface area (TPSA) is 93.1 Å². The lowest BCUT2D eigenvalue weighted by molar-refractivity contribution is -0.116. The Morgan fingerprint density at radius 3 is 2.40 bits per heavy atom. The summed E-state index contributed by atoms with van der Waals surface area (Å²) in [6.45, 7) is 5.70. The first-order chi connectivity index (χ1) is 14.2. The Morgan fingerprint density at radius 2 is 1.73 bits per heavy atom. The average Bonchev–Trinajstić information content (AvgIpc) is 2.97. The van der Waals surface area contributed by atoms with Crippen LogP contribution in [-0.2, 0) is 14.8 Å². The van der Waals surface area contributed by atoms with Crippen molar-refractivity contribution in [3.63, 3.8) is 0 Å². The van der Waals surface area contributed by atoms with Crippen LogP contribution in [-0.4, -0.2) is 30.7 Å². The lowest BCUT2D eigenvalue weighted by Crippen LogP contribution is -2.28. The smallest absolute Gasteiger partial charge is 0.241 e. The molecule has 0 spiro atoms. The van der Waals surface area contributed by atoms with Gasteiger partial charge < -0.3 is 5.32 Å². The summed E-state index contributed by atoms with van der Waals surface area (Å²) >= 11 is 3.23. The summed E-state index contributed by atoms with van der Waals surface area (Å²) in [7, 11) is -3.70. The van der Waals surface area contributed by atoms with Gasteiger partial charge in [-0.1, -0.05) is 29.8 Å². The lowest BCUT2D eigenvalue weighted by atomic mass is 10.2. The molecule has 0 aliphatic rings. The van der Waals surface area contributed by atoms with E-state index in [1.165, 1.54) is 6.07 Å². The van der Waals surface area contributed by atoms with Gasteiger partial charge in [0, 0.05) is 17.4 Å². The Morgan fingerprint density at radius 1 is 1.07 bits per heavy atom. The van der Waals surface area contributed by atoms with Crippen molar-refractivity contribution in [3.8, 4) is 5.69 Å². The number of carbonyl (C=O) groups is 1. The van der Waals surface area contributed by atoms with Gasteiger partial charge >= 0.3 is 0 Å². The van der Waals surface area contributed by atoms with Gasteiger partial charge in [-0.3, -0.25) is 4.79 Å². The number of aryl methyl sites for hydroxylation is 2. The van der Waals surface area contributed by atoms with Gasteiger partial charge in [-0.15, -0.1) is 0 Å². The van der Waals surface area contributed by atoms with Crippen molar-refractivity contribution in [2.45, 2.75) is 32.1 Å². The van der Waals surface area contributed by atoms with E-state index in [-0.39, 0.29) is 23.8 Å². The van der Waals surface area contributed by atoms with Gasteiger partial charge in [-0.05, 0) is 61.0 Å². The number of anilines is 1. The fourth-order valence-electron chi connectivity index (χ4n) is 3.00. The average molecular weight is 491 g/mol. The Balaban J connectivity index is 1.64. The van der Waals surface area contributed by atoms with E-state index < -0.39 is 10.0 Å². The molecule has 3 aromatic rings. The monoisotopic (exact) mass is 490 g/mol. The molecule has 2 N–H and O–H groups in total. The highest BCUT2D eigenvalue weighted by Gasteiger charge is 2.18. The number of halogens is 1. The molecule has 0 aliphatic heterocycles. The van der Waals surface area contributed by atoms with Gasteiger partial charge in [0.15, 0.2) is 0 Å². The van der Waals surface area contributed by atoms with Crippen molar-refractivity contribution in [1.82, 2.24) is 14.5 Å². The van der Waals surface area contributed by atoms with Crippen LogP contribution < -0.4 is 10.0 Å². The summed E-state index contributed by atoms with van der Waals surface area (Å²) in [4.78, 5) is 12.5. The van der Waals surface area contributed by atoms with Gasteiger partial charge in [0.2, 0.25) is 15.9 Å². The highest BCUT2D eigenvalue weighted by molar-refractivity contribution is 9.10. The molecule has 3 rings (SSSR count). The van der Waals surface area contributed by atoms with Gasteiger partial charge in [0.05, 0.1) is 27.7 Å². The predicted molar refractivity (Wildman–Crippen MR) is 120 cm³/mol. The molecule has 2 aromatic carbocycles. The third-order valence-corrected chi connectivity index (χ3v) is 7.08. The highest BCUT2D eigenvalue weighted by atomic mass is 79.9. The van der Waals surface area contributed by atoms with Crippen LogP contribution in [0.5, 0.6) is 0 Å². The summed E-state index contributed by atoms with van der Waals surface area (Å²) in [5.41, 5.74) is 4.18. The van der Waals surface area contributed by atoms with Gasteiger partial charge in [-0.2, -0.15) is 5.10 Å². The van der Waals surface area contributed by atoms with Crippen molar-refractivity contribution < 1.29 is 13.2 Å². The number of benzene rings is 2. The molecule has 9 heteroatoms. The van der Waals surface area contributed by atoms with Crippen LogP contribution in [0.4, 0.5) is 5.69 Å². The maximum atomic E-state index is 12.4. The van der Waals surface area contributed by atoms with Crippen LogP contribution in [0.25, 0.3) is 5.69 Å². The summed E-state index contributed by atoms with van der Waals surface area (Å²) in [6.07, 6.45) is -0.00171. The zero-order chi connectivity index (χ0) is 21.9. The van der Waals surface area contributed by atoms with Gasteiger partial charge in [0.1, 0.15) is 0 Å². The molecule has 0 unspecified atom stereocenters.